The average molecular weight is 465 g/mol. The van der Waals surface area contributed by atoms with Crippen LogP contribution >= 0.6 is 0 Å². The quantitative estimate of drug-likeness (QED) is 0.381. The summed E-state index contributed by atoms with van der Waals surface area (Å²) in [6, 6.07) is 19.5. The van der Waals surface area contributed by atoms with E-state index in [1.807, 2.05) is 24.3 Å². The maximum Gasteiger partial charge on any atom is 0.343 e. The molecular weight excluding hydrogens is 445 g/mol. The molecule has 0 fully saturated rings. The van der Waals surface area contributed by atoms with Crippen LogP contribution in [0.4, 0.5) is 4.39 Å². The molecule has 0 radical (unpaired) electrons. The molecule has 0 unspecified atom stereocenters. The summed E-state index contributed by atoms with van der Waals surface area (Å²) < 4.78 is 18.6. The van der Waals surface area contributed by atoms with Gasteiger partial charge in [0.1, 0.15) is 11.6 Å². The number of aliphatic imine (C=N–C) groups is 1. The molecule has 1 heterocycles. The number of carbonyl (C=O) groups excluding carboxylic acids is 3. The van der Waals surface area contributed by atoms with Gasteiger partial charge in [0, 0.05) is 34.7 Å². The molecule has 3 aliphatic rings. The van der Waals surface area contributed by atoms with Gasteiger partial charge in [-0.25, -0.2) is 9.18 Å². The van der Waals surface area contributed by atoms with Gasteiger partial charge in [0.25, 0.3) is 0 Å². The van der Waals surface area contributed by atoms with E-state index in [0.717, 1.165) is 29.0 Å². The summed E-state index contributed by atoms with van der Waals surface area (Å²) in [6.45, 7) is 0. The SMILES string of the molecule is O=C1CCCC2=C1[C@@H](c1ccc(OC(=O)c3ccc(F)cc3)cc1)[C@@H]1C(=O)c3ccccc3C1=N2. The van der Waals surface area contributed by atoms with E-state index >= 15 is 0 Å². The van der Waals surface area contributed by atoms with Crippen molar-refractivity contribution >= 4 is 23.2 Å². The highest BCUT2D eigenvalue weighted by Gasteiger charge is 2.48. The number of ether oxygens (including phenoxy) is 1. The Kier molecular flexibility index (Phi) is 5.02. The number of rotatable bonds is 3. The number of hydrogen-bond acceptors (Lipinski definition) is 5. The van der Waals surface area contributed by atoms with Crippen molar-refractivity contribution in [3.63, 3.8) is 0 Å². The molecule has 2 atom stereocenters. The van der Waals surface area contributed by atoms with Gasteiger partial charge >= 0.3 is 5.97 Å². The first kappa shape index (κ1) is 21.4. The molecule has 0 saturated heterocycles. The Hall–Kier alpha value is -4.19. The number of fused-ring (bicyclic) bond motifs is 3. The normalized spacial score (nSPS) is 20.7. The van der Waals surface area contributed by atoms with Gasteiger partial charge in [-0.15, -0.1) is 0 Å². The summed E-state index contributed by atoms with van der Waals surface area (Å²) in [5.74, 6) is -1.70. The molecule has 3 aromatic rings. The fourth-order valence-electron chi connectivity index (χ4n) is 5.30. The fraction of sp³-hybridized carbons (Fsp3) is 0.172. The molecule has 0 spiro atoms. The molecule has 3 aromatic carbocycles. The average Bonchev–Trinajstić information content (AvgIpc) is 3.16. The molecule has 5 nitrogen and oxygen atoms in total. The molecule has 6 heteroatoms. The van der Waals surface area contributed by atoms with Gasteiger partial charge in [-0.1, -0.05) is 36.4 Å². The molecule has 0 amide bonds. The van der Waals surface area contributed by atoms with Gasteiger partial charge in [-0.3, -0.25) is 14.6 Å². The lowest BCUT2D eigenvalue weighted by Crippen LogP contribution is -2.33. The fourth-order valence-corrected chi connectivity index (χ4v) is 5.30. The molecule has 2 aliphatic carbocycles. The lowest BCUT2D eigenvalue weighted by atomic mass is 9.71. The van der Waals surface area contributed by atoms with Crippen LogP contribution in [-0.2, 0) is 4.79 Å². The minimum Gasteiger partial charge on any atom is -0.423 e. The monoisotopic (exact) mass is 465 g/mol. The van der Waals surface area contributed by atoms with E-state index in [1.54, 1.807) is 24.3 Å². The minimum atomic E-state index is -0.598. The first-order valence-electron chi connectivity index (χ1n) is 11.6. The van der Waals surface area contributed by atoms with E-state index in [4.69, 9.17) is 9.73 Å². The Bertz CT molecular complexity index is 1450. The summed E-state index contributed by atoms with van der Waals surface area (Å²) in [4.78, 5) is 43.8. The van der Waals surface area contributed by atoms with Crippen LogP contribution in [0.15, 0.2) is 89.1 Å². The maximum atomic E-state index is 13.5. The largest absolute Gasteiger partial charge is 0.423 e. The number of ketones is 2. The van der Waals surface area contributed by atoms with Crippen molar-refractivity contribution in [1.82, 2.24) is 0 Å². The van der Waals surface area contributed by atoms with Gasteiger partial charge in [0.05, 0.1) is 17.2 Å². The Morgan fingerprint density at radius 1 is 0.857 bits per heavy atom. The Morgan fingerprint density at radius 2 is 1.57 bits per heavy atom. The van der Waals surface area contributed by atoms with Crippen molar-refractivity contribution in [2.45, 2.75) is 25.2 Å². The molecule has 0 saturated carbocycles. The van der Waals surface area contributed by atoms with Crippen molar-refractivity contribution in [2.75, 3.05) is 0 Å². The number of carbonyl (C=O) groups is 3. The third kappa shape index (κ3) is 3.53. The second kappa shape index (κ2) is 8.24. The highest BCUT2D eigenvalue weighted by molar-refractivity contribution is 6.30. The molecule has 0 N–H and O–H groups in total. The summed E-state index contributed by atoms with van der Waals surface area (Å²) in [7, 11) is 0. The second-order valence-electron chi connectivity index (χ2n) is 8.96. The zero-order valence-electron chi connectivity index (χ0n) is 18.7. The number of esters is 1. The lowest BCUT2D eigenvalue weighted by molar-refractivity contribution is -0.116. The van der Waals surface area contributed by atoms with Crippen molar-refractivity contribution in [2.24, 2.45) is 10.9 Å². The minimum absolute atomic E-state index is 0.0268. The molecule has 6 rings (SSSR count). The van der Waals surface area contributed by atoms with Crippen LogP contribution in [0, 0.1) is 11.7 Å². The molecule has 0 bridgehead atoms. The van der Waals surface area contributed by atoms with E-state index in [9.17, 15) is 18.8 Å². The number of nitrogens with zero attached hydrogens (tertiary/aromatic N) is 1. The Labute approximate surface area is 201 Å². The van der Waals surface area contributed by atoms with Gasteiger partial charge in [-0.2, -0.15) is 0 Å². The van der Waals surface area contributed by atoms with Gasteiger partial charge in [0.15, 0.2) is 11.6 Å². The van der Waals surface area contributed by atoms with Crippen LogP contribution in [0.1, 0.15) is 57.0 Å². The van der Waals surface area contributed by atoms with Crippen molar-refractivity contribution in [3.8, 4) is 5.75 Å². The van der Waals surface area contributed by atoms with Crippen LogP contribution in [-0.4, -0.2) is 23.2 Å². The predicted molar refractivity (Wildman–Crippen MR) is 127 cm³/mol. The number of Topliss-reactive ketones (excluding diaryl/α,β-unsaturated/α-hetero) is 2. The van der Waals surface area contributed by atoms with Gasteiger partial charge in [0.2, 0.25) is 0 Å². The Balaban J connectivity index is 1.36. The standard InChI is InChI=1S/C29H20FNO4/c30-18-12-8-17(9-13-18)29(34)35-19-14-10-16(11-15-19)24-25-22(6-3-7-23(25)32)31-27-20-4-1-2-5-21(20)28(33)26(24)27/h1-2,4-5,8-15,24,26H,3,6-7H2/t24-,26+/m1/s1. The van der Waals surface area contributed by atoms with Crippen LogP contribution in [0.25, 0.3) is 0 Å². The molecule has 1 aliphatic heterocycles. The highest BCUT2D eigenvalue weighted by Crippen LogP contribution is 2.48. The molecule has 172 valence electrons. The first-order chi connectivity index (χ1) is 17.0. The van der Waals surface area contributed by atoms with E-state index < -0.39 is 23.6 Å². The van der Waals surface area contributed by atoms with Crippen molar-refractivity contribution in [3.05, 3.63) is 112 Å². The van der Waals surface area contributed by atoms with Crippen LogP contribution < -0.4 is 4.74 Å². The van der Waals surface area contributed by atoms with Crippen LogP contribution in [0.2, 0.25) is 0 Å². The summed E-state index contributed by atoms with van der Waals surface area (Å²) >= 11 is 0. The van der Waals surface area contributed by atoms with E-state index in [2.05, 4.69) is 0 Å². The maximum absolute atomic E-state index is 13.5. The first-order valence-corrected chi connectivity index (χ1v) is 11.6. The molecular formula is C29H20FNO4. The van der Waals surface area contributed by atoms with Gasteiger partial charge in [-0.05, 0) is 54.8 Å². The molecule has 0 aromatic heterocycles. The summed E-state index contributed by atoms with van der Waals surface area (Å²) in [5.41, 5.74) is 4.64. The van der Waals surface area contributed by atoms with Crippen molar-refractivity contribution in [1.29, 1.82) is 0 Å². The van der Waals surface area contributed by atoms with Crippen LogP contribution in [0.5, 0.6) is 5.75 Å². The van der Waals surface area contributed by atoms with E-state index in [0.29, 0.717) is 29.7 Å². The van der Waals surface area contributed by atoms with E-state index in [-0.39, 0.29) is 17.1 Å². The van der Waals surface area contributed by atoms with Crippen molar-refractivity contribution < 1.29 is 23.5 Å². The number of halogens is 1. The summed E-state index contributed by atoms with van der Waals surface area (Å²) in [6.07, 6.45) is 1.90. The number of benzene rings is 3. The molecule has 35 heavy (non-hydrogen) atoms. The third-order valence-electron chi connectivity index (χ3n) is 6.90. The Morgan fingerprint density at radius 3 is 2.31 bits per heavy atom. The second-order valence-corrected chi connectivity index (χ2v) is 8.96. The number of hydrogen-bond donors (Lipinski definition) is 0. The zero-order valence-corrected chi connectivity index (χ0v) is 18.7. The van der Waals surface area contributed by atoms with Gasteiger partial charge < -0.3 is 4.74 Å². The lowest BCUT2D eigenvalue weighted by Gasteiger charge is -2.33. The smallest absolute Gasteiger partial charge is 0.343 e. The highest BCUT2D eigenvalue weighted by atomic mass is 19.1. The zero-order chi connectivity index (χ0) is 24.1. The van der Waals surface area contributed by atoms with Crippen LogP contribution in [0.3, 0.4) is 0 Å². The van der Waals surface area contributed by atoms with E-state index in [1.165, 1.54) is 24.3 Å². The predicted octanol–water partition coefficient (Wildman–Crippen LogP) is 5.45. The summed E-state index contributed by atoms with van der Waals surface area (Å²) in [5, 5.41) is 0. The number of allylic oxidation sites excluding steroid dienone is 2. The topological polar surface area (TPSA) is 72.8 Å². The third-order valence-corrected chi connectivity index (χ3v) is 6.90.